The van der Waals surface area contributed by atoms with Gasteiger partial charge in [0.1, 0.15) is 0 Å². The highest BCUT2D eigenvalue weighted by Gasteiger charge is 2.25. The zero-order valence-corrected chi connectivity index (χ0v) is 13.0. The van der Waals surface area contributed by atoms with Crippen LogP contribution in [0.15, 0.2) is 17.5 Å². The van der Waals surface area contributed by atoms with Crippen molar-refractivity contribution < 1.29 is 14.7 Å². The molecular formula is C15H20N2O3S. The fourth-order valence-electron chi connectivity index (χ4n) is 2.53. The molecule has 1 fully saturated rings. The number of nitrogens with zero attached hydrogens (tertiary/aromatic N) is 1. The molecule has 2 unspecified atom stereocenters. The molecule has 0 aromatic carbocycles. The summed E-state index contributed by atoms with van der Waals surface area (Å²) in [6, 6.07) is 1.92. The standard InChI is InChI=1S/C15H20N2O3S/c1-10-8-17(2)6-5-13(10)16-15(20)11-7-12(21-9-11)3-4-14(18)19/h3-4,7,9-10,13H,5-6,8H2,1-2H3,(H,16,20)(H,18,19)/b4-3+. The molecule has 0 saturated carbocycles. The summed E-state index contributed by atoms with van der Waals surface area (Å²) in [5, 5.41) is 13.4. The lowest BCUT2D eigenvalue weighted by Crippen LogP contribution is -2.48. The Bertz CT molecular complexity index is 553. The number of aliphatic carboxylic acids is 1. The summed E-state index contributed by atoms with van der Waals surface area (Å²) in [7, 11) is 2.09. The molecule has 2 heterocycles. The van der Waals surface area contributed by atoms with Crippen LogP contribution in [0.1, 0.15) is 28.6 Å². The van der Waals surface area contributed by atoms with Gasteiger partial charge in [0.25, 0.3) is 5.91 Å². The fourth-order valence-corrected chi connectivity index (χ4v) is 3.31. The molecule has 114 valence electrons. The SMILES string of the molecule is CC1CN(C)CCC1NC(=O)c1csc(/C=C/C(=O)O)c1. The van der Waals surface area contributed by atoms with Crippen molar-refractivity contribution in [3.63, 3.8) is 0 Å². The minimum absolute atomic E-state index is 0.0809. The summed E-state index contributed by atoms with van der Waals surface area (Å²) in [5.74, 6) is -0.644. The largest absolute Gasteiger partial charge is 0.478 e. The molecule has 2 rings (SSSR count). The van der Waals surface area contributed by atoms with Crippen molar-refractivity contribution in [3.05, 3.63) is 28.0 Å². The van der Waals surface area contributed by atoms with Crippen molar-refractivity contribution in [1.82, 2.24) is 10.2 Å². The number of amides is 1. The van der Waals surface area contributed by atoms with E-state index in [9.17, 15) is 9.59 Å². The average molecular weight is 308 g/mol. The molecule has 1 amide bonds. The number of nitrogens with one attached hydrogen (secondary N) is 1. The molecule has 0 radical (unpaired) electrons. The van der Waals surface area contributed by atoms with E-state index < -0.39 is 5.97 Å². The summed E-state index contributed by atoms with van der Waals surface area (Å²) in [4.78, 5) is 25.7. The van der Waals surface area contributed by atoms with Gasteiger partial charge in [-0.2, -0.15) is 0 Å². The maximum absolute atomic E-state index is 12.2. The van der Waals surface area contributed by atoms with Crippen molar-refractivity contribution in [2.24, 2.45) is 5.92 Å². The van der Waals surface area contributed by atoms with E-state index in [-0.39, 0.29) is 11.9 Å². The summed E-state index contributed by atoms with van der Waals surface area (Å²) >= 11 is 1.36. The maximum atomic E-state index is 12.2. The van der Waals surface area contributed by atoms with Crippen LogP contribution in [0.3, 0.4) is 0 Å². The Morgan fingerprint density at radius 2 is 2.29 bits per heavy atom. The second-order valence-corrected chi connectivity index (χ2v) is 6.46. The lowest BCUT2D eigenvalue weighted by atomic mass is 9.94. The molecule has 0 aliphatic carbocycles. The van der Waals surface area contributed by atoms with Crippen molar-refractivity contribution in [1.29, 1.82) is 0 Å². The molecule has 6 heteroatoms. The number of hydrogen-bond acceptors (Lipinski definition) is 4. The Balaban J connectivity index is 1.96. The lowest BCUT2D eigenvalue weighted by molar-refractivity contribution is -0.131. The highest BCUT2D eigenvalue weighted by atomic mass is 32.1. The number of rotatable bonds is 4. The van der Waals surface area contributed by atoms with Gasteiger partial charge in [0.05, 0.1) is 5.56 Å². The molecule has 0 spiro atoms. The first-order chi connectivity index (χ1) is 9.95. The van der Waals surface area contributed by atoms with Crippen molar-refractivity contribution in [2.75, 3.05) is 20.1 Å². The average Bonchev–Trinajstić information content (AvgIpc) is 2.88. The Labute approximate surface area is 128 Å². The Morgan fingerprint density at radius 1 is 1.52 bits per heavy atom. The minimum atomic E-state index is -0.991. The molecule has 21 heavy (non-hydrogen) atoms. The summed E-state index contributed by atoms with van der Waals surface area (Å²) < 4.78 is 0. The first-order valence-electron chi connectivity index (χ1n) is 6.94. The second kappa shape index (κ2) is 6.87. The van der Waals surface area contributed by atoms with E-state index >= 15 is 0 Å². The number of carbonyl (C=O) groups is 2. The normalized spacial score (nSPS) is 23.3. The zero-order chi connectivity index (χ0) is 15.4. The van der Waals surface area contributed by atoms with Crippen LogP contribution < -0.4 is 5.32 Å². The van der Waals surface area contributed by atoms with E-state index in [2.05, 4.69) is 24.2 Å². The van der Waals surface area contributed by atoms with Crippen molar-refractivity contribution >= 4 is 29.3 Å². The van der Waals surface area contributed by atoms with E-state index in [1.54, 1.807) is 11.4 Å². The van der Waals surface area contributed by atoms with Crippen LogP contribution in [0.2, 0.25) is 0 Å². The van der Waals surface area contributed by atoms with Crippen LogP contribution in [0.4, 0.5) is 0 Å². The summed E-state index contributed by atoms with van der Waals surface area (Å²) in [5.41, 5.74) is 0.594. The first-order valence-corrected chi connectivity index (χ1v) is 7.82. The third-order valence-corrected chi connectivity index (χ3v) is 4.59. The fraction of sp³-hybridized carbons (Fsp3) is 0.467. The monoisotopic (exact) mass is 308 g/mol. The van der Waals surface area contributed by atoms with Crippen molar-refractivity contribution in [2.45, 2.75) is 19.4 Å². The first kappa shape index (κ1) is 15.7. The summed E-state index contributed by atoms with van der Waals surface area (Å²) in [6.45, 7) is 4.13. The molecule has 1 saturated heterocycles. The third kappa shape index (κ3) is 4.41. The van der Waals surface area contributed by atoms with Crippen LogP contribution in [0, 0.1) is 5.92 Å². The van der Waals surface area contributed by atoms with E-state index in [1.165, 1.54) is 17.4 Å². The van der Waals surface area contributed by atoms with E-state index in [1.807, 2.05) is 0 Å². The molecule has 1 aromatic heterocycles. The molecule has 2 N–H and O–H groups in total. The molecule has 1 aliphatic heterocycles. The number of carbonyl (C=O) groups excluding carboxylic acids is 1. The van der Waals surface area contributed by atoms with Crippen LogP contribution in [-0.2, 0) is 4.79 Å². The van der Waals surface area contributed by atoms with Gasteiger partial charge in [0.15, 0.2) is 0 Å². The molecule has 1 aromatic rings. The molecule has 5 nitrogen and oxygen atoms in total. The highest BCUT2D eigenvalue weighted by Crippen LogP contribution is 2.19. The minimum Gasteiger partial charge on any atom is -0.478 e. The quantitative estimate of drug-likeness (QED) is 0.834. The second-order valence-electron chi connectivity index (χ2n) is 5.52. The van der Waals surface area contributed by atoms with Gasteiger partial charge in [-0.3, -0.25) is 4.79 Å². The lowest BCUT2D eigenvalue weighted by Gasteiger charge is -2.35. The van der Waals surface area contributed by atoms with Gasteiger partial charge in [0, 0.05) is 28.9 Å². The van der Waals surface area contributed by atoms with E-state index in [0.29, 0.717) is 11.5 Å². The predicted molar refractivity (Wildman–Crippen MR) is 83.5 cm³/mol. The highest BCUT2D eigenvalue weighted by molar-refractivity contribution is 7.11. The van der Waals surface area contributed by atoms with Gasteiger partial charge in [-0.15, -0.1) is 11.3 Å². The van der Waals surface area contributed by atoms with Crippen LogP contribution >= 0.6 is 11.3 Å². The molecular weight excluding hydrogens is 288 g/mol. The van der Waals surface area contributed by atoms with Gasteiger partial charge in [0.2, 0.25) is 0 Å². The van der Waals surface area contributed by atoms with Crippen LogP contribution in [-0.4, -0.2) is 48.1 Å². The molecule has 0 bridgehead atoms. The number of piperidine rings is 1. The van der Waals surface area contributed by atoms with Crippen LogP contribution in [0.25, 0.3) is 6.08 Å². The van der Waals surface area contributed by atoms with Crippen LogP contribution in [0.5, 0.6) is 0 Å². The maximum Gasteiger partial charge on any atom is 0.328 e. The zero-order valence-electron chi connectivity index (χ0n) is 12.2. The van der Waals surface area contributed by atoms with Crippen molar-refractivity contribution in [3.8, 4) is 0 Å². The van der Waals surface area contributed by atoms with E-state index in [0.717, 1.165) is 30.5 Å². The predicted octanol–water partition coefficient (Wildman–Crippen LogP) is 1.92. The summed E-state index contributed by atoms with van der Waals surface area (Å²) in [6.07, 6.45) is 3.54. The Hall–Kier alpha value is -1.66. The van der Waals surface area contributed by atoms with Gasteiger partial charge in [-0.1, -0.05) is 6.92 Å². The number of carboxylic acid groups (broad SMARTS) is 1. The van der Waals surface area contributed by atoms with E-state index in [4.69, 9.17) is 5.11 Å². The van der Waals surface area contributed by atoms with Gasteiger partial charge < -0.3 is 15.3 Å². The molecule has 2 atom stereocenters. The topological polar surface area (TPSA) is 69.6 Å². The third-order valence-electron chi connectivity index (χ3n) is 3.70. The number of hydrogen-bond donors (Lipinski definition) is 2. The van der Waals surface area contributed by atoms with Gasteiger partial charge >= 0.3 is 5.97 Å². The smallest absolute Gasteiger partial charge is 0.328 e. The number of carboxylic acids is 1. The van der Waals surface area contributed by atoms with Gasteiger partial charge in [-0.05, 0) is 38.1 Å². The Morgan fingerprint density at radius 3 is 2.95 bits per heavy atom. The molecule has 1 aliphatic rings. The number of likely N-dealkylation sites (tertiary alicyclic amines) is 1. The van der Waals surface area contributed by atoms with Gasteiger partial charge in [-0.25, -0.2) is 4.79 Å². The Kier molecular flexibility index (Phi) is 5.14. The number of thiophene rings is 1.